The highest BCUT2D eigenvalue weighted by atomic mass is 16.3. The number of nitrogens with zero attached hydrogens (tertiary/aromatic N) is 2. The van der Waals surface area contributed by atoms with Gasteiger partial charge in [-0.2, -0.15) is 0 Å². The Morgan fingerprint density at radius 3 is 2.72 bits per heavy atom. The molecule has 96 valence electrons. The summed E-state index contributed by atoms with van der Waals surface area (Å²) in [5.41, 5.74) is 9.96. The molecule has 0 aliphatic heterocycles. The van der Waals surface area contributed by atoms with Crippen LogP contribution >= 0.6 is 0 Å². The normalized spacial score (nSPS) is 10.6. The molecule has 0 fully saturated rings. The standard InChI is InChI=1S/C14H19N3O/c1-16(8-9-18)11-5-6-13(15)12(10-11)14-4-3-7-17(14)2/h3-7,10,18H,8-9,15H2,1-2H3. The highest BCUT2D eigenvalue weighted by Gasteiger charge is 2.08. The van der Waals surface area contributed by atoms with E-state index in [1.54, 1.807) is 0 Å². The van der Waals surface area contributed by atoms with Crippen molar-refractivity contribution in [1.29, 1.82) is 0 Å². The van der Waals surface area contributed by atoms with Gasteiger partial charge in [0.1, 0.15) is 0 Å². The monoisotopic (exact) mass is 245 g/mol. The summed E-state index contributed by atoms with van der Waals surface area (Å²) < 4.78 is 2.04. The molecule has 0 amide bonds. The molecular weight excluding hydrogens is 226 g/mol. The van der Waals surface area contributed by atoms with E-state index in [9.17, 15) is 0 Å². The third-order valence-electron chi connectivity index (χ3n) is 3.13. The maximum Gasteiger partial charge on any atom is 0.0606 e. The molecule has 0 bridgehead atoms. The van der Waals surface area contributed by atoms with Crippen molar-refractivity contribution in [2.75, 3.05) is 30.8 Å². The molecule has 0 unspecified atom stereocenters. The van der Waals surface area contributed by atoms with Gasteiger partial charge < -0.3 is 20.3 Å². The molecule has 0 saturated heterocycles. The van der Waals surface area contributed by atoms with Gasteiger partial charge >= 0.3 is 0 Å². The van der Waals surface area contributed by atoms with Crippen LogP contribution in [0.2, 0.25) is 0 Å². The van der Waals surface area contributed by atoms with Gasteiger partial charge in [-0.3, -0.25) is 0 Å². The predicted octanol–water partition coefficient (Wildman–Crippen LogP) is 1.70. The molecule has 4 nitrogen and oxygen atoms in total. The van der Waals surface area contributed by atoms with E-state index in [1.165, 1.54) is 0 Å². The molecule has 0 aliphatic rings. The molecule has 0 saturated carbocycles. The van der Waals surface area contributed by atoms with E-state index in [0.29, 0.717) is 6.54 Å². The van der Waals surface area contributed by atoms with E-state index in [4.69, 9.17) is 10.8 Å². The summed E-state index contributed by atoms with van der Waals surface area (Å²) in [5.74, 6) is 0. The van der Waals surface area contributed by atoms with Crippen LogP contribution in [0.15, 0.2) is 36.5 Å². The average Bonchev–Trinajstić information content (AvgIpc) is 2.76. The Kier molecular flexibility index (Phi) is 3.58. The summed E-state index contributed by atoms with van der Waals surface area (Å²) in [7, 11) is 3.95. The zero-order valence-corrected chi connectivity index (χ0v) is 10.8. The van der Waals surface area contributed by atoms with Crippen LogP contribution in [0.25, 0.3) is 11.3 Å². The molecule has 4 heteroatoms. The van der Waals surface area contributed by atoms with Gasteiger partial charge in [-0.15, -0.1) is 0 Å². The summed E-state index contributed by atoms with van der Waals surface area (Å²) in [6, 6.07) is 9.98. The van der Waals surface area contributed by atoms with Crippen molar-refractivity contribution in [3.63, 3.8) is 0 Å². The van der Waals surface area contributed by atoms with Crippen molar-refractivity contribution < 1.29 is 5.11 Å². The fourth-order valence-corrected chi connectivity index (χ4v) is 2.02. The van der Waals surface area contributed by atoms with Crippen LogP contribution in [0.5, 0.6) is 0 Å². The maximum absolute atomic E-state index is 8.98. The second kappa shape index (κ2) is 5.14. The van der Waals surface area contributed by atoms with Crippen LogP contribution in [0.4, 0.5) is 11.4 Å². The van der Waals surface area contributed by atoms with Gasteiger partial charge in [0.15, 0.2) is 0 Å². The first kappa shape index (κ1) is 12.5. The van der Waals surface area contributed by atoms with E-state index >= 15 is 0 Å². The van der Waals surface area contributed by atoms with E-state index in [-0.39, 0.29) is 6.61 Å². The number of hydrogen-bond acceptors (Lipinski definition) is 3. The number of benzene rings is 1. The minimum Gasteiger partial charge on any atom is -0.398 e. The number of aliphatic hydroxyl groups excluding tert-OH is 1. The van der Waals surface area contributed by atoms with Crippen LogP contribution in [0.1, 0.15) is 0 Å². The van der Waals surface area contributed by atoms with Crippen molar-refractivity contribution in [2.24, 2.45) is 7.05 Å². The Morgan fingerprint density at radius 1 is 1.33 bits per heavy atom. The summed E-state index contributed by atoms with van der Waals surface area (Å²) in [6.07, 6.45) is 2.00. The lowest BCUT2D eigenvalue weighted by Gasteiger charge is -2.19. The Balaban J connectivity index is 2.42. The fraction of sp³-hybridized carbons (Fsp3) is 0.286. The minimum absolute atomic E-state index is 0.139. The smallest absolute Gasteiger partial charge is 0.0606 e. The Bertz CT molecular complexity index is 534. The third kappa shape index (κ3) is 2.33. The summed E-state index contributed by atoms with van der Waals surface area (Å²) in [5, 5.41) is 8.98. The molecule has 3 N–H and O–H groups in total. The first-order chi connectivity index (χ1) is 8.63. The van der Waals surface area contributed by atoms with Gasteiger partial charge in [-0.05, 0) is 30.3 Å². The Hall–Kier alpha value is -1.94. The van der Waals surface area contributed by atoms with E-state index in [2.05, 4.69) is 6.07 Å². The molecule has 0 aliphatic carbocycles. The second-order valence-corrected chi connectivity index (χ2v) is 4.42. The van der Waals surface area contributed by atoms with Gasteiger partial charge in [0.25, 0.3) is 0 Å². The van der Waals surface area contributed by atoms with Crippen LogP contribution in [0.3, 0.4) is 0 Å². The van der Waals surface area contributed by atoms with Crippen molar-refractivity contribution in [1.82, 2.24) is 4.57 Å². The molecule has 18 heavy (non-hydrogen) atoms. The average molecular weight is 245 g/mol. The lowest BCUT2D eigenvalue weighted by Crippen LogP contribution is -2.21. The van der Waals surface area contributed by atoms with Crippen molar-refractivity contribution in [3.8, 4) is 11.3 Å². The number of rotatable bonds is 4. The van der Waals surface area contributed by atoms with Crippen molar-refractivity contribution in [3.05, 3.63) is 36.5 Å². The summed E-state index contributed by atoms with van der Waals surface area (Å²) in [6.45, 7) is 0.747. The van der Waals surface area contributed by atoms with E-state index in [1.807, 2.05) is 54.0 Å². The highest BCUT2D eigenvalue weighted by Crippen LogP contribution is 2.29. The molecule has 0 spiro atoms. The quantitative estimate of drug-likeness (QED) is 0.806. The number of aryl methyl sites for hydroxylation is 1. The number of nitrogens with two attached hydrogens (primary N) is 1. The molecular formula is C14H19N3O. The van der Waals surface area contributed by atoms with Gasteiger partial charge in [0.05, 0.1) is 6.61 Å². The van der Waals surface area contributed by atoms with Crippen LogP contribution in [0, 0.1) is 0 Å². The van der Waals surface area contributed by atoms with Gasteiger partial charge in [0, 0.05) is 49.5 Å². The van der Waals surface area contributed by atoms with Gasteiger partial charge in [-0.25, -0.2) is 0 Å². The first-order valence-corrected chi connectivity index (χ1v) is 5.96. The van der Waals surface area contributed by atoms with Gasteiger partial charge in [-0.1, -0.05) is 0 Å². The number of aliphatic hydroxyl groups is 1. The number of anilines is 2. The zero-order chi connectivity index (χ0) is 13.1. The fourth-order valence-electron chi connectivity index (χ4n) is 2.02. The first-order valence-electron chi connectivity index (χ1n) is 5.96. The van der Waals surface area contributed by atoms with E-state index < -0.39 is 0 Å². The molecule has 0 atom stereocenters. The molecule has 2 rings (SSSR count). The maximum atomic E-state index is 8.98. The lowest BCUT2D eigenvalue weighted by molar-refractivity contribution is 0.304. The van der Waals surface area contributed by atoms with Crippen LogP contribution < -0.4 is 10.6 Å². The molecule has 1 heterocycles. The summed E-state index contributed by atoms with van der Waals surface area (Å²) >= 11 is 0. The Labute approximate surface area is 107 Å². The number of aromatic nitrogens is 1. The molecule has 0 radical (unpaired) electrons. The third-order valence-corrected chi connectivity index (χ3v) is 3.13. The van der Waals surface area contributed by atoms with Gasteiger partial charge in [0.2, 0.25) is 0 Å². The van der Waals surface area contributed by atoms with Crippen molar-refractivity contribution in [2.45, 2.75) is 0 Å². The number of hydrogen-bond donors (Lipinski definition) is 2. The van der Waals surface area contributed by atoms with E-state index in [0.717, 1.165) is 22.6 Å². The molecule has 1 aromatic heterocycles. The number of nitrogen functional groups attached to an aromatic ring is 1. The summed E-state index contributed by atoms with van der Waals surface area (Å²) in [4.78, 5) is 2.01. The molecule has 2 aromatic rings. The topological polar surface area (TPSA) is 54.4 Å². The zero-order valence-electron chi connectivity index (χ0n) is 10.8. The number of likely N-dealkylation sites (N-methyl/N-ethyl adjacent to an activating group) is 1. The highest BCUT2D eigenvalue weighted by molar-refractivity contribution is 5.78. The predicted molar refractivity (Wildman–Crippen MR) is 75.6 cm³/mol. The molecule has 1 aromatic carbocycles. The second-order valence-electron chi connectivity index (χ2n) is 4.42. The lowest BCUT2D eigenvalue weighted by atomic mass is 10.1. The van der Waals surface area contributed by atoms with Crippen LogP contribution in [-0.2, 0) is 7.05 Å². The minimum atomic E-state index is 0.139. The Morgan fingerprint density at radius 2 is 2.11 bits per heavy atom. The van der Waals surface area contributed by atoms with Crippen LogP contribution in [-0.4, -0.2) is 29.9 Å². The largest absolute Gasteiger partial charge is 0.398 e. The SMILES string of the molecule is CN(CCO)c1ccc(N)c(-c2cccn2C)c1. The van der Waals surface area contributed by atoms with Crippen molar-refractivity contribution >= 4 is 11.4 Å².